The minimum absolute atomic E-state index is 0.0995. The molecule has 3 N–H and O–H groups in total. The molecule has 0 aromatic rings. The molecule has 1 aliphatic heterocycles. The van der Waals surface area contributed by atoms with Crippen LogP contribution in [0.2, 0.25) is 0 Å². The summed E-state index contributed by atoms with van der Waals surface area (Å²) in [5.74, 6) is 0.278. The van der Waals surface area contributed by atoms with Crippen molar-refractivity contribution >= 4 is 5.91 Å². The van der Waals surface area contributed by atoms with E-state index in [1.807, 2.05) is 12.4 Å². The highest BCUT2D eigenvalue weighted by Crippen LogP contribution is 2.00. The number of rotatable bonds is 1. The number of likely N-dealkylation sites (N-methyl/N-ethyl adjacent to an activating group) is 1. The Bertz CT molecular complexity index is 125. The first-order valence-corrected chi connectivity index (χ1v) is 3.89. The number of nitrogens with two attached hydrogens (primary N) is 1. The highest BCUT2D eigenvalue weighted by Gasteiger charge is 2.21. The maximum atomic E-state index is 11.1. The summed E-state index contributed by atoms with van der Waals surface area (Å²) >= 11 is 0. The van der Waals surface area contributed by atoms with Gasteiger partial charge in [-0.2, -0.15) is 0 Å². The number of primary amides is 1. The van der Waals surface area contributed by atoms with Gasteiger partial charge in [-0.25, -0.2) is 4.79 Å². The van der Waals surface area contributed by atoms with Gasteiger partial charge in [0.05, 0.1) is 6.54 Å². The molecule has 0 saturated carbocycles. The summed E-state index contributed by atoms with van der Waals surface area (Å²) in [6.45, 7) is 0.969. The van der Waals surface area contributed by atoms with E-state index >= 15 is 0 Å². The van der Waals surface area contributed by atoms with Crippen LogP contribution in [0.3, 0.4) is 0 Å². The average Bonchev–Trinajstić information content (AvgIpc) is 2.13. The summed E-state index contributed by atoms with van der Waals surface area (Å²) in [7, 11) is 1.85. The van der Waals surface area contributed by atoms with Crippen LogP contribution in [0.1, 0.15) is 19.3 Å². The molecule has 0 aromatic heterocycles. The van der Waals surface area contributed by atoms with Crippen molar-refractivity contribution in [3.05, 3.63) is 0 Å². The Kier molecular flexibility index (Phi) is 2.83. The van der Waals surface area contributed by atoms with Gasteiger partial charge in [0.1, 0.15) is 6.04 Å². The van der Waals surface area contributed by atoms with E-state index < -0.39 is 0 Å². The molecule has 1 unspecified atom stereocenters. The number of carbonyl (C=O) groups excluding carboxylic acids is 1. The monoisotopic (exact) mass is 143 g/mol. The predicted molar refractivity (Wildman–Crippen MR) is 38.5 cm³/mol. The smallest absolute Gasteiger partial charge is 0.306 e. The molecule has 3 heteroatoms. The predicted octanol–water partition coefficient (Wildman–Crippen LogP) is -1.15. The van der Waals surface area contributed by atoms with E-state index in [-0.39, 0.29) is 11.9 Å². The minimum atomic E-state index is 0.0995. The van der Waals surface area contributed by atoms with Gasteiger partial charge in [0.2, 0.25) is 0 Å². The lowest BCUT2D eigenvalue weighted by Gasteiger charge is -2.06. The van der Waals surface area contributed by atoms with E-state index in [2.05, 4.69) is 5.32 Å². The van der Waals surface area contributed by atoms with Gasteiger partial charge in [0, 0.05) is 0 Å². The molecule has 1 fully saturated rings. The Hall–Kier alpha value is -0.410. The molecule has 1 saturated heterocycles. The van der Waals surface area contributed by atoms with Gasteiger partial charge in [0.25, 0.3) is 0 Å². The number of hydrogen-bond donors (Lipinski definition) is 2. The van der Waals surface area contributed by atoms with Gasteiger partial charge in [-0.15, -0.1) is 0 Å². The minimum Gasteiger partial charge on any atom is -0.306 e. The Balaban J connectivity index is 2.43. The zero-order valence-electron chi connectivity index (χ0n) is 6.39. The third kappa shape index (κ3) is 1.78. The van der Waals surface area contributed by atoms with Crippen LogP contribution in [0.15, 0.2) is 0 Å². The van der Waals surface area contributed by atoms with Gasteiger partial charge in [-0.3, -0.25) is 5.32 Å². The highest BCUT2D eigenvalue weighted by molar-refractivity contribution is 5.72. The fourth-order valence-corrected chi connectivity index (χ4v) is 1.31. The second-order valence-electron chi connectivity index (χ2n) is 2.73. The first-order valence-electron chi connectivity index (χ1n) is 3.89. The lowest BCUT2D eigenvalue weighted by atomic mass is 10.1. The summed E-state index contributed by atoms with van der Waals surface area (Å²) in [4.78, 5) is 11.1. The Morgan fingerprint density at radius 1 is 1.60 bits per heavy atom. The number of carbonyl (C=O) groups is 1. The van der Waals surface area contributed by atoms with Crippen LogP contribution in [0.25, 0.3) is 0 Å². The van der Waals surface area contributed by atoms with Crippen molar-refractivity contribution in [3.8, 4) is 0 Å². The van der Waals surface area contributed by atoms with Crippen LogP contribution in [0, 0.1) is 0 Å². The van der Waals surface area contributed by atoms with Crippen molar-refractivity contribution in [2.45, 2.75) is 25.3 Å². The molecule has 1 amide bonds. The van der Waals surface area contributed by atoms with Gasteiger partial charge in [-0.1, -0.05) is 0 Å². The van der Waals surface area contributed by atoms with Crippen molar-refractivity contribution in [2.75, 3.05) is 13.6 Å². The first-order chi connectivity index (χ1) is 4.84. The van der Waals surface area contributed by atoms with Gasteiger partial charge in [0.15, 0.2) is 0 Å². The molecule has 58 valence electrons. The van der Waals surface area contributed by atoms with E-state index in [1.165, 1.54) is 12.8 Å². The van der Waals surface area contributed by atoms with Crippen LogP contribution >= 0.6 is 0 Å². The van der Waals surface area contributed by atoms with Gasteiger partial charge in [-0.05, 0) is 26.3 Å². The molecule has 1 aliphatic rings. The molecule has 3 nitrogen and oxygen atoms in total. The van der Waals surface area contributed by atoms with Gasteiger partial charge < -0.3 is 5.32 Å². The lowest BCUT2D eigenvalue weighted by molar-refractivity contribution is -0.568. The van der Waals surface area contributed by atoms with Crippen molar-refractivity contribution in [3.63, 3.8) is 0 Å². The largest absolute Gasteiger partial charge is 0.327 e. The molecule has 1 rings (SSSR count). The Morgan fingerprint density at radius 3 is 3.10 bits per heavy atom. The van der Waals surface area contributed by atoms with Crippen LogP contribution in [-0.4, -0.2) is 25.5 Å². The maximum Gasteiger partial charge on any atom is 0.327 e. The zero-order chi connectivity index (χ0) is 7.40. The van der Waals surface area contributed by atoms with Crippen LogP contribution in [-0.2, 0) is 4.79 Å². The van der Waals surface area contributed by atoms with Crippen LogP contribution < -0.4 is 10.6 Å². The normalized spacial score (nSPS) is 28.1. The number of quaternary nitrogens is 1. The number of nitrogens with one attached hydrogen (secondary N) is 1. The molecular formula is C7H15N2O+. The van der Waals surface area contributed by atoms with E-state index in [9.17, 15) is 4.79 Å². The fraction of sp³-hybridized carbons (Fsp3) is 0.857. The first kappa shape index (κ1) is 7.69. The fourth-order valence-electron chi connectivity index (χ4n) is 1.31. The van der Waals surface area contributed by atoms with Crippen molar-refractivity contribution < 1.29 is 10.1 Å². The molecule has 0 radical (unpaired) electrons. The van der Waals surface area contributed by atoms with E-state index in [4.69, 9.17) is 0 Å². The zero-order valence-corrected chi connectivity index (χ0v) is 6.39. The molecule has 10 heavy (non-hydrogen) atoms. The van der Waals surface area contributed by atoms with E-state index in [1.54, 1.807) is 0 Å². The molecule has 0 bridgehead atoms. The van der Waals surface area contributed by atoms with Crippen molar-refractivity contribution in [2.24, 2.45) is 0 Å². The SMILES string of the molecule is CNC1CCCC[NH2+]C1=O. The quantitative estimate of drug-likeness (QED) is 0.487. The second-order valence-corrected chi connectivity index (χ2v) is 2.73. The topological polar surface area (TPSA) is 45.7 Å². The summed E-state index contributed by atoms with van der Waals surface area (Å²) < 4.78 is 0. The molecule has 0 spiro atoms. The molecule has 1 heterocycles. The lowest BCUT2D eigenvalue weighted by Crippen LogP contribution is -2.90. The van der Waals surface area contributed by atoms with Crippen LogP contribution in [0.5, 0.6) is 0 Å². The third-order valence-corrected chi connectivity index (χ3v) is 1.98. The Morgan fingerprint density at radius 2 is 2.40 bits per heavy atom. The summed E-state index contributed by atoms with van der Waals surface area (Å²) in [5.41, 5.74) is 0. The highest BCUT2D eigenvalue weighted by atomic mass is 16.2. The molecule has 0 aromatic carbocycles. The van der Waals surface area contributed by atoms with E-state index in [0.29, 0.717) is 0 Å². The number of hydrogen-bond acceptors (Lipinski definition) is 2. The van der Waals surface area contributed by atoms with E-state index in [0.717, 1.165) is 13.0 Å². The maximum absolute atomic E-state index is 11.1. The summed E-state index contributed by atoms with van der Waals surface area (Å²) in [5, 5.41) is 4.83. The summed E-state index contributed by atoms with van der Waals surface area (Å²) in [6, 6.07) is 0.0995. The third-order valence-electron chi connectivity index (χ3n) is 1.98. The number of amides is 1. The van der Waals surface area contributed by atoms with Crippen molar-refractivity contribution in [1.29, 1.82) is 0 Å². The second kappa shape index (κ2) is 3.68. The van der Waals surface area contributed by atoms with Crippen molar-refractivity contribution in [1.82, 2.24) is 5.32 Å². The van der Waals surface area contributed by atoms with Gasteiger partial charge >= 0.3 is 5.91 Å². The van der Waals surface area contributed by atoms with Crippen LogP contribution in [0.4, 0.5) is 0 Å². The molecular weight excluding hydrogens is 128 g/mol. The Labute approximate surface area is 61.2 Å². The molecule has 0 aliphatic carbocycles. The average molecular weight is 143 g/mol. The summed E-state index contributed by atoms with van der Waals surface area (Å²) in [6.07, 6.45) is 3.35. The standard InChI is InChI=1S/C7H14N2O/c1-8-6-4-2-3-5-9-7(6)10/h6,8H,2-5H2,1H3,(H,9,10)/p+1. The molecule has 1 atom stereocenters.